The number of benzene rings is 3. The summed E-state index contributed by atoms with van der Waals surface area (Å²) in [5.74, 6) is 0.884. The van der Waals surface area contributed by atoms with Gasteiger partial charge in [-0.3, -0.25) is 0 Å². The molecule has 0 saturated carbocycles. The summed E-state index contributed by atoms with van der Waals surface area (Å²) >= 11 is 0. The van der Waals surface area contributed by atoms with Crippen LogP contribution in [-0.2, 0) is 10.2 Å². The molecule has 0 fully saturated rings. The van der Waals surface area contributed by atoms with Crippen LogP contribution in [0.4, 0.5) is 0 Å². The van der Waals surface area contributed by atoms with E-state index in [4.69, 9.17) is 24.7 Å². The van der Waals surface area contributed by atoms with E-state index in [1.54, 1.807) is 31.4 Å². The minimum Gasteiger partial charge on any atom is -0.493 e. The Bertz CT molecular complexity index is 1520. The highest BCUT2D eigenvalue weighted by Crippen LogP contribution is 2.45. The highest BCUT2D eigenvalue weighted by Gasteiger charge is 2.31. The molecule has 1 aliphatic rings. The van der Waals surface area contributed by atoms with Crippen LogP contribution in [0.1, 0.15) is 75.1 Å². The zero-order valence-electron chi connectivity index (χ0n) is 24.9. The van der Waals surface area contributed by atoms with E-state index in [1.807, 2.05) is 30.3 Å². The van der Waals surface area contributed by atoms with E-state index in [0.717, 1.165) is 30.4 Å². The number of carbonyl (C=O) groups is 1. The SMILES string of the molecule is CCCCCOc1ccc(C2C(C#N)=C(N)Oc3cc(OC(=O)/C=C/c4ccc(C(C)(C)C)cc4)ccc32)cc1OC. The van der Waals surface area contributed by atoms with Crippen molar-refractivity contribution in [2.75, 3.05) is 13.7 Å². The van der Waals surface area contributed by atoms with Crippen molar-refractivity contribution in [2.24, 2.45) is 5.73 Å². The molecule has 42 heavy (non-hydrogen) atoms. The largest absolute Gasteiger partial charge is 0.493 e. The van der Waals surface area contributed by atoms with Crippen molar-refractivity contribution in [1.29, 1.82) is 5.26 Å². The van der Waals surface area contributed by atoms with E-state index in [2.05, 4.69) is 45.9 Å². The number of methoxy groups -OCH3 is 1. The van der Waals surface area contributed by atoms with Crippen LogP contribution in [-0.4, -0.2) is 19.7 Å². The van der Waals surface area contributed by atoms with E-state index >= 15 is 0 Å². The molecule has 2 N–H and O–H groups in total. The molecule has 0 bridgehead atoms. The fraction of sp³-hybridized carbons (Fsp3) is 0.314. The van der Waals surface area contributed by atoms with Gasteiger partial charge in [-0.2, -0.15) is 5.26 Å². The van der Waals surface area contributed by atoms with Crippen LogP contribution in [0, 0.1) is 11.3 Å². The van der Waals surface area contributed by atoms with Crippen molar-refractivity contribution in [1.82, 2.24) is 0 Å². The fourth-order valence-electron chi connectivity index (χ4n) is 4.77. The zero-order valence-corrected chi connectivity index (χ0v) is 24.9. The van der Waals surface area contributed by atoms with Gasteiger partial charge in [0.2, 0.25) is 5.88 Å². The molecule has 0 amide bonds. The van der Waals surface area contributed by atoms with Crippen molar-refractivity contribution < 1.29 is 23.7 Å². The Kier molecular flexibility index (Phi) is 9.59. The molecule has 3 aromatic carbocycles. The van der Waals surface area contributed by atoms with Crippen molar-refractivity contribution in [3.05, 3.63) is 100 Å². The van der Waals surface area contributed by atoms with Crippen molar-refractivity contribution in [3.63, 3.8) is 0 Å². The molecule has 0 aliphatic carbocycles. The van der Waals surface area contributed by atoms with Crippen LogP contribution in [0.3, 0.4) is 0 Å². The number of fused-ring (bicyclic) bond motifs is 1. The second-order valence-electron chi connectivity index (χ2n) is 11.2. The van der Waals surface area contributed by atoms with Crippen molar-refractivity contribution in [2.45, 2.75) is 58.3 Å². The smallest absolute Gasteiger partial charge is 0.336 e. The molecule has 0 saturated heterocycles. The molecular formula is C35H38N2O5. The molecule has 218 valence electrons. The quantitative estimate of drug-likeness (QED) is 0.118. The number of esters is 1. The predicted molar refractivity (Wildman–Crippen MR) is 164 cm³/mol. The minimum absolute atomic E-state index is 0.00376. The van der Waals surface area contributed by atoms with Crippen LogP contribution in [0.2, 0.25) is 0 Å². The highest BCUT2D eigenvalue weighted by atomic mass is 16.5. The summed E-state index contributed by atoms with van der Waals surface area (Å²) in [6.07, 6.45) is 6.25. The monoisotopic (exact) mass is 566 g/mol. The lowest BCUT2D eigenvalue weighted by molar-refractivity contribution is -0.128. The maximum Gasteiger partial charge on any atom is 0.336 e. The molecule has 1 atom stereocenters. The minimum atomic E-state index is -0.525. The second-order valence-corrected chi connectivity index (χ2v) is 11.2. The van der Waals surface area contributed by atoms with E-state index < -0.39 is 11.9 Å². The molecular weight excluding hydrogens is 528 g/mol. The Balaban J connectivity index is 1.54. The Morgan fingerprint density at radius 1 is 1.05 bits per heavy atom. The molecule has 7 heteroatoms. The van der Waals surface area contributed by atoms with Crippen molar-refractivity contribution >= 4 is 12.0 Å². The first-order chi connectivity index (χ1) is 20.1. The number of nitriles is 1. The Morgan fingerprint density at radius 3 is 2.48 bits per heavy atom. The van der Waals surface area contributed by atoms with E-state index in [9.17, 15) is 10.1 Å². The van der Waals surface area contributed by atoms with E-state index in [1.165, 1.54) is 11.6 Å². The van der Waals surface area contributed by atoms with Gasteiger partial charge in [-0.15, -0.1) is 0 Å². The molecule has 1 unspecified atom stereocenters. The van der Waals surface area contributed by atoms with Crippen LogP contribution < -0.4 is 24.7 Å². The number of hydrogen-bond donors (Lipinski definition) is 1. The average Bonchev–Trinajstić information content (AvgIpc) is 2.97. The van der Waals surface area contributed by atoms with Crippen LogP contribution >= 0.6 is 0 Å². The Labute approximate surface area is 248 Å². The topological polar surface area (TPSA) is 104 Å². The van der Waals surface area contributed by atoms with E-state index in [-0.39, 0.29) is 16.9 Å². The predicted octanol–water partition coefficient (Wildman–Crippen LogP) is 7.40. The lowest BCUT2D eigenvalue weighted by atomic mass is 9.83. The summed E-state index contributed by atoms with van der Waals surface area (Å²) in [6, 6.07) is 20.9. The van der Waals surface area contributed by atoms with Gasteiger partial charge in [-0.1, -0.05) is 76.9 Å². The standard InChI is InChI=1S/C35H38N2O5/c1-6-7-8-19-40-29-17-12-24(20-31(29)39-5)33-27-16-15-26(21-30(27)42-34(37)28(33)22-36)41-32(38)18-11-23-9-13-25(14-10-23)35(2,3)4/h9-18,20-21,33H,6-8,19,37H2,1-5H3/b18-11+. The average molecular weight is 567 g/mol. The molecule has 4 rings (SSSR count). The van der Waals surface area contributed by atoms with Gasteiger partial charge in [-0.25, -0.2) is 4.79 Å². The number of ether oxygens (including phenoxy) is 4. The van der Waals surface area contributed by atoms with Gasteiger partial charge in [-0.05, 0) is 52.8 Å². The van der Waals surface area contributed by atoms with Gasteiger partial charge in [0.25, 0.3) is 0 Å². The Morgan fingerprint density at radius 2 is 1.81 bits per heavy atom. The van der Waals surface area contributed by atoms with Gasteiger partial charge in [0.15, 0.2) is 11.5 Å². The van der Waals surface area contributed by atoms with Gasteiger partial charge in [0, 0.05) is 17.7 Å². The first-order valence-corrected chi connectivity index (χ1v) is 14.2. The molecule has 0 spiro atoms. The van der Waals surface area contributed by atoms with Gasteiger partial charge >= 0.3 is 5.97 Å². The number of carbonyl (C=O) groups excluding carboxylic acids is 1. The molecule has 0 radical (unpaired) electrons. The normalized spacial score (nSPS) is 14.6. The number of nitrogens with two attached hydrogens (primary N) is 1. The number of unbranched alkanes of at least 4 members (excludes halogenated alkanes) is 2. The second kappa shape index (κ2) is 13.3. The van der Waals surface area contributed by atoms with Crippen LogP contribution in [0.5, 0.6) is 23.0 Å². The molecule has 7 nitrogen and oxygen atoms in total. The summed E-state index contributed by atoms with van der Waals surface area (Å²) in [4.78, 5) is 12.6. The highest BCUT2D eigenvalue weighted by molar-refractivity contribution is 5.88. The molecule has 0 aromatic heterocycles. The number of hydrogen-bond acceptors (Lipinski definition) is 7. The van der Waals surface area contributed by atoms with Gasteiger partial charge < -0.3 is 24.7 Å². The molecule has 1 aliphatic heterocycles. The maximum atomic E-state index is 12.6. The summed E-state index contributed by atoms with van der Waals surface area (Å²) in [6.45, 7) is 9.21. The fourth-order valence-corrected chi connectivity index (χ4v) is 4.77. The number of allylic oxidation sites excluding steroid dienone is 1. The first-order valence-electron chi connectivity index (χ1n) is 14.2. The lowest BCUT2D eigenvalue weighted by Gasteiger charge is -2.27. The summed E-state index contributed by atoms with van der Waals surface area (Å²) in [7, 11) is 1.58. The Hall–Kier alpha value is -4.70. The molecule has 1 heterocycles. The van der Waals surface area contributed by atoms with Crippen LogP contribution in [0.25, 0.3) is 6.08 Å². The lowest BCUT2D eigenvalue weighted by Crippen LogP contribution is -2.21. The van der Waals surface area contributed by atoms with E-state index in [0.29, 0.717) is 35.2 Å². The summed E-state index contributed by atoms with van der Waals surface area (Å²) in [5, 5.41) is 9.95. The van der Waals surface area contributed by atoms with Gasteiger partial charge in [0.05, 0.1) is 19.6 Å². The summed E-state index contributed by atoms with van der Waals surface area (Å²) in [5.41, 5.74) is 10.1. The number of nitrogens with zero attached hydrogens (tertiary/aromatic N) is 1. The van der Waals surface area contributed by atoms with Crippen LogP contribution in [0.15, 0.2) is 78.2 Å². The third-order valence-corrected chi connectivity index (χ3v) is 7.12. The van der Waals surface area contributed by atoms with Gasteiger partial charge in [0.1, 0.15) is 23.1 Å². The zero-order chi connectivity index (χ0) is 30.3. The third kappa shape index (κ3) is 7.13. The molecule has 3 aromatic rings. The number of rotatable bonds is 10. The third-order valence-electron chi connectivity index (χ3n) is 7.12. The first kappa shape index (κ1) is 30.3. The summed E-state index contributed by atoms with van der Waals surface area (Å²) < 4.78 is 22.9. The van der Waals surface area contributed by atoms with Crippen molar-refractivity contribution in [3.8, 4) is 29.1 Å². The maximum absolute atomic E-state index is 12.6.